The van der Waals surface area contributed by atoms with Gasteiger partial charge in [0.05, 0.1) is 9.95 Å². The van der Waals surface area contributed by atoms with Crippen molar-refractivity contribution in [1.82, 2.24) is 9.55 Å². The summed E-state index contributed by atoms with van der Waals surface area (Å²) in [6, 6.07) is 4.20. The minimum Gasteiger partial charge on any atom is -0.476 e. The molecule has 0 aliphatic carbocycles. The molecule has 1 N–H and O–H groups in total. The Labute approximate surface area is 105 Å². The maximum absolute atomic E-state index is 10.9. The van der Waals surface area contributed by atoms with Gasteiger partial charge in [-0.1, -0.05) is 17.7 Å². The lowest BCUT2D eigenvalue weighted by Gasteiger charge is -2.05. The fourth-order valence-electron chi connectivity index (χ4n) is 1.46. The van der Waals surface area contributed by atoms with Gasteiger partial charge in [-0.05, 0) is 6.07 Å². The quantitative estimate of drug-likeness (QED) is 0.678. The molecule has 1 aromatic heterocycles. The molecule has 18 heavy (non-hydrogen) atoms. The molecule has 0 fully saturated rings. The van der Waals surface area contributed by atoms with Crippen molar-refractivity contribution >= 4 is 23.3 Å². The van der Waals surface area contributed by atoms with E-state index in [1.54, 1.807) is 0 Å². The summed E-state index contributed by atoms with van der Waals surface area (Å²) >= 11 is 5.90. The SMILES string of the molecule is O=C(O)c1cn(-c2c(Cl)cccc2[N+](=O)[O-])cn1. The third-order valence-electron chi connectivity index (χ3n) is 2.22. The molecule has 0 saturated carbocycles. The molecule has 0 atom stereocenters. The molecule has 2 aromatic rings. The molecule has 0 unspecified atom stereocenters. The van der Waals surface area contributed by atoms with E-state index in [4.69, 9.17) is 16.7 Å². The lowest BCUT2D eigenvalue weighted by molar-refractivity contribution is -0.384. The predicted octanol–water partition coefficient (Wildman–Crippen LogP) is 2.13. The maximum Gasteiger partial charge on any atom is 0.356 e. The average molecular weight is 268 g/mol. The van der Waals surface area contributed by atoms with E-state index in [9.17, 15) is 14.9 Å². The molecule has 7 nitrogen and oxygen atoms in total. The summed E-state index contributed by atoms with van der Waals surface area (Å²) < 4.78 is 1.21. The number of carboxylic acid groups (broad SMARTS) is 1. The summed E-state index contributed by atoms with van der Waals surface area (Å²) in [5.41, 5.74) is -0.356. The highest BCUT2D eigenvalue weighted by Gasteiger charge is 2.19. The molecule has 0 aliphatic rings. The van der Waals surface area contributed by atoms with Crippen LogP contribution in [0.15, 0.2) is 30.7 Å². The van der Waals surface area contributed by atoms with E-state index in [1.807, 2.05) is 0 Å². The van der Waals surface area contributed by atoms with Crippen molar-refractivity contribution in [1.29, 1.82) is 0 Å². The summed E-state index contributed by atoms with van der Waals surface area (Å²) in [6.07, 6.45) is 2.33. The van der Waals surface area contributed by atoms with Crippen LogP contribution in [0, 0.1) is 10.1 Å². The zero-order chi connectivity index (χ0) is 13.3. The molecular formula is C10H6ClN3O4. The van der Waals surface area contributed by atoms with E-state index in [-0.39, 0.29) is 22.1 Å². The van der Waals surface area contributed by atoms with Gasteiger partial charge in [0.15, 0.2) is 5.69 Å². The number of nitro benzene ring substituents is 1. The van der Waals surface area contributed by atoms with Crippen LogP contribution in [0.4, 0.5) is 5.69 Å². The molecule has 0 aliphatic heterocycles. The number of aromatic carboxylic acids is 1. The second-order valence-electron chi connectivity index (χ2n) is 3.34. The molecule has 8 heteroatoms. The molecule has 2 rings (SSSR count). The van der Waals surface area contributed by atoms with E-state index in [1.165, 1.54) is 22.8 Å². The number of para-hydroxylation sites is 1. The molecule has 92 valence electrons. The number of nitrogens with zero attached hydrogens (tertiary/aromatic N) is 3. The number of carboxylic acids is 1. The van der Waals surface area contributed by atoms with Gasteiger partial charge in [0.2, 0.25) is 0 Å². The van der Waals surface area contributed by atoms with Crippen LogP contribution >= 0.6 is 11.6 Å². The molecule has 0 radical (unpaired) electrons. The van der Waals surface area contributed by atoms with E-state index in [0.29, 0.717) is 0 Å². The monoisotopic (exact) mass is 267 g/mol. The second kappa shape index (κ2) is 4.46. The normalized spacial score (nSPS) is 10.3. The number of hydrogen-bond acceptors (Lipinski definition) is 4. The molecule has 1 heterocycles. The topological polar surface area (TPSA) is 98.3 Å². The third kappa shape index (κ3) is 2.03. The molecular weight excluding hydrogens is 262 g/mol. The molecule has 0 saturated heterocycles. The standard InChI is InChI=1S/C10H6ClN3O4/c11-6-2-1-3-8(14(17)18)9(6)13-4-7(10(15)16)12-5-13/h1-5H,(H,15,16). The Morgan fingerprint density at radius 2 is 2.22 bits per heavy atom. The summed E-state index contributed by atoms with van der Waals surface area (Å²) in [7, 11) is 0. The van der Waals surface area contributed by atoms with E-state index in [2.05, 4.69) is 4.98 Å². The Morgan fingerprint density at radius 3 is 2.78 bits per heavy atom. The van der Waals surface area contributed by atoms with Crippen LogP contribution in [-0.2, 0) is 0 Å². The van der Waals surface area contributed by atoms with Gasteiger partial charge >= 0.3 is 5.97 Å². The van der Waals surface area contributed by atoms with Crippen LogP contribution in [0.1, 0.15) is 10.5 Å². The first-order chi connectivity index (χ1) is 8.50. The van der Waals surface area contributed by atoms with Gasteiger partial charge in [0, 0.05) is 12.3 Å². The smallest absolute Gasteiger partial charge is 0.356 e. The van der Waals surface area contributed by atoms with Crippen molar-refractivity contribution in [2.45, 2.75) is 0 Å². The van der Waals surface area contributed by atoms with Crippen molar-refractivity contribution in [3.8, 4) is 5.69 Å². The van der Waals surface area contributed by atoms with E-state index >= 15 is 0 Å². The minimum atomic E-state index is -1.22. The maximum atomic E-state index is 10.9. The van der Waals surface area contributed by atoms with Gasteiger partial charge in [0.1, 0.15) is 12.0 Å². The second-order valence-corrected chi connectivity index (χ2v) is 3.74. The number of carbonyl (C=O) groups is 1. The van der Waals surface area contributed by atoms with Crippen LogP contribution in [0.3, 0.4) is 0 Å². The number of rotatable bonds is 3. The highest BCUT2D eigenvalue weighted by atomic mass is 35.5. The molecule has 0 amide bonds. The lowest BCUT2D eigenvalue weighted by Crippen LogP contribution is -2.00. The van der Waals surface area contributed by atoms with Gasteiger partial charge in [-0.2, -0.15) is 0 Å². The number of halogens is 1. The lowest BCUT2D eigenvalue weighted by atomic mass is 10.2. The highest BCUT2D eigenvalue weighted by Crippen LogP contribution is 2.30. The number of aromatic nitrogens is 2. The first-order valence-corrected chi connectivity index (χ1v) is 5.09. The number of hydrogen-bond donors (Lipinski definition) is 1. The van der Waals surface area contributed by atoms with Gasteiger partial charge in [-0.3, -0.25) is 14.7 Å². The van der Waals surface area contributed by atoms with Gasteiger partial charge in [-0.25, -0.2) is 9.78 Å². The Morgan fingerprint density at radius 1 is 1.50 bits per heavy atom. The Kier molecular flexibility index (Phi) is 2.99. The Balaban J connectivity index is 2.62. The first-order valence-electron chi connectivity index (χ1n) is 4.71. The van der Waals surface area contributed by atoms with Crippen LogP contribution < -0.4 is 0 Å². The Hall–Kier alpha value is -2.41. The fourth-order valence-corrected chi connectivity index (χ4v) is 1.73. The van der Waals surface area contributed by atoms with Gasteiger partial charge in [-0.15, -0.1) is 0 Å². The zero-order valence-corrected chi connectivity index (χ0v) is 9.53. The van der Waals surface area contributed by atoms with Crippen LogP contribution in [0.2, 0.25) is 5.02 Å². The van der Waals surface area contributed by atoms with Crippen LogP contribution in [-0.4, -0.2) is 25.6 Å². The molecule has 1 aromatic carbocycles. The molecule has 0 spiro atoms. The third-order valence-corrected chi connectivity index (χ3v) is 2.53. The summed E-state index contributed by atoms with van der Waals surface area (Å²) in [5, 5.41) is 19.8. The zero-order valence-electron chi connectivity index (χ0n) is 8.78. The summed E-state index contributed by atoms with van der Waals surface area (Å²) in [4.78, 5) is 24.6. The first kappa shape index (κ1) is 12.1. The average Bonchev–Trinajstić information content (AvgIpc) is 2.77. The largest absolute Gasteiger partial charge is 0.476 e. The minimum absolute atomic E-state index is 0.0872. The van der Waals surface area contributed by atoms with Crippen molar-refractivity contribution in [3.63, 3.8) is 0 Å². The van der Waals surface area contributed by atoms with Crippen molar-refractivity contribution in [2.24, 2.45) is 0 Å². The van der Waals surface area contributed by atoms with E-state index in [0.717, 1.165) is 12.5 Å². The van der Waals surface area contributed by atoms with Crippen LogP contribution in [0.25, 0.3) is 5.69 Å². The van der Waals surface area contributed by atoms with Crippen molar-refractivity contribution < 1.29 is 14.8 Å². The van der Waals surface area contributed by atoms with Crippen molar-refractivity contribution in [3.05, 3.63) is 51.6 Å². The van der Waals surface area contributed by atoms with Crippen LogP contribution in [0.5, 0.6) is 0 Å². The molecule has 0 bridgehead atoms. The van der Waals surface area contributed by atoms with Gasteiger partial charge in [0.25, 0.3) is 5.69 Å². The van der Waals surface area contributed by atoms with Gasteiger partial charge < -0.3 is 5.11 Å². The van der Waals surface area contributed by atoms with E-state index < -0.39 is 10.9 Å². The highest BCUT2D eigenvalue weighted by molar-refractivity contribution is 6.32. The number of nitro groups is 1. The summed E-state index contributed by atoms with van der Waals surface area (Å²) in [5.74, 6) is -1.22. The number of benzene rings is 1. The summed E-state index contributed by atoms with van der Waals surface area (Å²) in [6.45, 7) is 0. The van der Waals surface area contributed by atoms with Crippen molar-refractivity contribution in [2.75, 3.05) is 0 Å². The fraction of sp³-hybridized carbons (Fsp3) is 0. The predicted molar refractivity (Wildman–Crippen MR) is 62.2 cm³/mol. The Bertz CT molecular complexity index is 638. The number of imidazole rings is 1.